The third-order valence-electron chi connectivity index (χ3n) is 6.77. The summed E-state index contributed by atoms with van der Waals surface area (Å²) in [6, 6.07) is 10.7. The predicted molar refractivity (Wildman–Crippen MR) is 133 cm³/mol. The molecule has 4 atom stereocenters. The molecular formula is C28H31F2N3O4. The molecule has 2 amide bonds. The van der Waals surface area contributed by atoms with Crippen molar-refractivity contribution in [3.8, 4) is 11.1 Å². The Labute approximate surface area is 214 Å². The maximum absolute atomic E-state index is 14.1. The Bertz CT molecular complexity index is 1250. The summed E-state index contributed by atoms with van der Waals surface area (Å²) in [5.41, 5.74) is 1.65. The van der Waals surface area contributed by atoms with E-state index in [1.807, 2.05) is 13.8 Å². The van der Waals surface area contributed by atoms with Gasteiger partial charge in [-0.15, -0.1) is 0 Å². The first-order valence-electron chi connectivity index (χ1n) is 12.3. The van der Waals surface area contributed by atoms with E-state index < -0.39 is 41.6 Å². The standard InChI is InChI=1S/C28H31F2N3O4/c1-15(2)25(24-12-16(3)32-37-24)28(36)33-14-20(34)13-23(33)27(35)31-17(4)18-8-10-19(11-9-18)26-21(29)6-5-7-22(26)30/h5-12,15,17,20,23,25,34H,13-14H2,1-4H3,(H,31,35)/t17-,20+,23-,25+/m0/s1. The van der Waals surface area contributed by atoms with Crippen LogP contribution in [0.5, 0.6) is 0 Å². The Hall–Kier alpha value is -3.59. The molecule has 0 radical (unpaired) electrons. The van der Waals surface area contributed by atoms with Crippen molar-refractivity contribution in [2.24, 2.45) is 5.92 Å². The number of aliphatic hydroxyl groups is 1. The third-order valence-corrected chi connectivity index (χ3v) is 6.77. The molecule has 2 aromatic carbocycles. The van der Waals surface area contributed by atoms with Crippen LogP contribution in [0.3, 0.4) is 0 Å². The first-order valence-corrected chi connectivity index (χ1v) is 12.3. The molecule has 2 N–H and O–H groups in total. The summed E-state index contributed by atoms with van der Waals surface area (Å²) in [5.74, 6) is -2.32. The van der Waals surface area contributed by atoms with Gasteiger partial charge in [0.15, 0.2) is 0 Å². The number of aromatic nitrogens is 1. The highest BCUT2D eigenvalue weighted by Gasteiger charge is 2.43. The molecule has 0 spiro atoms. The van der Waals surface area contributed by atoms with E-state index >= 15 is 0 Å². The summed E-state index contributed by atoms with van der Waals surface area (Å²) in [4.78, 5) is 28.2. The number of likely N-dealkylation sites (tertiary alicyclic amines) is 1. The van der Waals surface area contributed by atoms with Crippen LogP contribution in [-0.2, 0) is 9.59 Å². The largest absolute Gasteiger partial charge is 0.391 e. The van der Waals surface area contributed by atoms with Gasteiger partial charge in [0.1, 0.15) is 29.4 Å². The van der Waals surface area contributed by atoms with Gasteiger partial charge in [-0.25, -0.2) is 8.78 Å². The number of nitrogens with zero attached hydrogens (tertiary/aromatic N) is 2. The number of hydrogen-bond donors (Lipinski definition) is 2. The van der Waals surface area contributed by atoms with Gasteiger partial charge in [0.05, 0.1) is 23.4 Å². The lowest BCUT2D eigenvalue weighted by molar-refractivity contribution is -0.141. The molecule has 0 bridgehead atoms. The van der Waals surface area contributed by atoms with Crippen molar-refractivity contribution in [1.82, 2.24) is 15.4 Å². The van der Waals surface area contributed by atoms with Gasteiger partial charge in [-0.1, -0.05) is 49.3 Å². The lowest BCUT2D eigenvalue weighted by atomic mass is 9.91. The number of aliphatic hydroxyl groups excluding tert-OH is 1. The summed E-state index contributed by atoms with van der Waals surface area (Å²) in [6.45, 7) is 7.38. The van der Waals surface area contributed by atoms with Gasteiger partial charge in [-0.05, 0) is 43.0 Å². The Balaban J connectivity index is 1.49. The van der Waals surface area contributed by atoms with Crippen molar-refractivity contribution in [3.05, 3.63) is 77.2 Å². The summed E-state index contributed by atoms with van der Waals surface area (Å²) in [6.07, 6.45) is -0.704. The number of carbonyl (C=O) groups is 2. The Morgan fingerprint density at radius 1 is 1.11 bits per heavy atom. The average molecular weight is 512 g/mol. The SMILES string of the molecule is Cc1cc([C@H](C(=O)N2C[C@H](O)C[C@H]2C(=O)N[C@@H](C)c2ccc(-c3c(F)cccc3F)cc2)C(C)C)on1. The lowest BCUT2D eigenvalue weighted by Gasteiger charge is -2.29. The number of benzene rings is 2. The molecule has 7 nitrogen and oxygen atoms in total. The molecule has 196 valence electrons. The molecule has 3 aromatic rings. The zero-order valence-electron chi connectivity index (χ0n) is 21.2. The number of hydrogen-bond acceptors (Lipinski definition) is 5. The van der Waals surface area contributed by atoms with Crippen LogP contribution in [0.1, 0.15) is 56.2 Å². The van der Waals surface area contributed by atoms with Crippen LogP contribution in [0.15, 0.2) is 53.1 Å². The minimum Gasteiger partial charge on any atom is -0.391 e. The fourth-order valence-electron chi connectivity index (χ4n) is 4.85. The second-order valence-electron chi connectivity index (χ2n) is 9.94. The average Bonchev–Trinajstić information content (AvgIpc) is 3.44. The molecule has 37 heavy (non-hydrogen) atoms. The Kier molecular flexibility index (Phi) is 7.73. The van der Waals surface area contributed by atoms with Crippen molar-refractivity contribution in [2.45, 2.75) is 58.2 Å². The van der Waals surface area contributed by atoms with E-state index in [2.05, 4.69) is 10.5 Å². The molecule has 9 heteroatoms. The van der Waals surface area contributed by atoms with Crippen molar-refractivity contribution >= 4 is 11.8 Å². The number of nitrogens with one attached hydrogen (secondary N) is 1. The zero-order chi connectivity index (χ0) is 26.9. The molecule has 1 saturated heterocycles. The number of β-amino-alcohol motifs (C(OH)–C–C–N with tert-alkyl or cyclic N) is 1. The fourth-order valence-corrected chi connectivity index (χ4v) is 4.85. The van der Waals surface area contributed by atoms with Gasteiger partial charge in [0.25, 0.3) is 0 Å². The van der Waals surface area contributed by atoms with Gasteiger partial charge in [0.2, 0.25) is 11.8 Å². The smallest absolute Gasteiger partial charge is 0.243 e. The van der Waals surface area contributed by atoms with E-state index in [0.717, 1.165) is 5.56 Å². The van der Waals surface area contributed by atoms with Crippen molar-refractivity contribution < 1.29 is 28.0 Å². The van der Waals surface area contributed by atoms with Crippen LogP contribution in [0.2, 0.25) is 0 Å². The van der Waals surface area contributed by atoms with Crippen LogP contribution in [0, 0.1) is 24.5 Å². The number of halogens is 2. The molecule has 0 unspecified atom stereocenters. The molecule has 1 fully saturated rings. The number of aryl methyl sites for hydroxylation is 1. The lowest BCUT2D eigenvalue weighted by Crippen LogP contribution is -2.48. The second-order valence-corrected chi connectivity index (χ2v) is 9.94. The van der Waals surface area contributed by atoms with Crippen LogP contribution >= 0.6 is 0 Å². The highest BCUT2D eigenvalue weighted by molar-refractivity contribution is 5.91. The Morgan fingerprint density at radius 3 is 2.32 bits per heavy atom. The summed E-state index contributed by atoms with van der Waals surface area (Å²) >= 11 is 0. The summed E-state index contributed by atoms with van der Waals surface area (Å²) < 4.78 is 33.6. The highest BCUT2D eigenvalue weighted by atomic mass is 19.1. The first kappa shape index (κ1) is 26.5. The molecule has 1 aliphatic rings. The van der Waals surface area contributed by atoms with Crippen LogP contribution in [-0.4, -0.2) is 45.7 Å². The van der Waals surface area contributed by atoms with Crippen LogP contribution in [0.4, 0.5) is 8.78 Å². The van der Waals surface area contributed by atoms with Gasteiger partial charge < -0.3 is 19.8 Å². The van der Waals surface area contributed by atoms with E-state index in [1.165, 1.54) is 23.1 Å². The van der Waals surface area contributed by atoms with Gasteiger partial charge in [0, 0.05) is 19.0 Å². The molecule has 0 aliphatic carbocycles. The summed E-state index contributed by atoms with van der Waals surface area (Å²) in [7, 11) is 0. The molecule has 4 rings (SSSR count). The van der Waals surface area contributed by atoms with Crippen molar-refractivity contribution in [1.29, 1.82) is 0 Å². The Morgan fingerprint density at radius 2 is 1.76 bits per heavy atom. The van der Waals surface area contributed by atoms with E-state index in [-0.39, 0.29) is 30.4 Å². The predicted octanol–water partition coefficient (Wildman–Crippen LogP) is 4.51. The molecule has 2 heterocycles. The topological polar surface area (TPSA) is 95.7 Å². The van der Waals surface area contributed by atoms with Gasteiger partial charge in [-0.2, -0.15) is 0 Å². The van der Waals surface area contributed by atoms with Gasteiger partial charge in [-0.3, -0.25) is 9.59 Å². The van der Waals surface area contributed by atoms with Crippen molar-refractivity contribution in [3.63, 3.8) is 0 Å². The highest BCUT2D eigenvalue weighted by Crippen LogP contribution is 2.32. The minimum absolute atomic E-state index is 0.0462. The normalized spacial score (nSPS) is 19.2. The van der Waals surface area contributed by atoms with E-state index in [0.29, 0.717) is 17.0 Å². The molecule has 0 saturated carbocycles. The van der Waals surface area contributed by atoms with E-state index in [9.17, 15) is 23.5 Å². The summed E-state index contributed by atoms with van der Waals surface area (Å²) in [5, 5.41) is 17.1. The maximum atomic E-state index is 14.1. The van der Waals surface area contributed by atoms with E-state index in [1.54, 1.807) is 44.2 Å². The second kappa shape index (κ2) is 10.8. The number of rotatable bonds is 7. The fraction of sp³-hybridized carbons (Fsp3) is 0.393. The first-order chi connectivity index (χ1) is 17.6. The van der Waals surface area contributed by atoms with Crippen molar-refractivity contribution in [2.75, 3.05) is 6.54 Å². The number of carbonyl (C=O) groups excluding carboxylic acids is 2. The monoisotopic (exact) mass is 511 g/mol. The van der Waals surface area contributed by atoms with Crippen LogP contribution < -0.4 is 5.32 Å². The zero-order valence-corrected chi connectivity index (χ0v) is 21.2. The number of amides is 2. The third kappa shape index (κ3) is 5.56. The molecule has 1 aliphatic heterocycles. The minimum atomic E-state index is -0.845. The molecule has 1 aromatic heterocycles. The quantitative estimate of drug-likeness (QED) is 0.487. The maximum Gasteiger partial charge on any atom is 0.243 e. The molecular weight excluding hydrogens is 480 g/mol. The van der Waals surface area contributed by atoms with Gasteiger partial charge >= 0.3 is 0 Å². The van der Waals surface area contributed by atoms with Crippen LogP contribution in [0.25, 0.3) is 11.1 Å². The van der Waals surface area contributed by atoms with E-state index in [4.69, 9.17) is 4.52 Å².